The van der Waals surface area contributed by atoms with Crippen molar-refractivity contribution in [3.63, 3.8) is 0 Å². The third kappa shape index (κ3) is 6.52. The average Bonchev–Trinajstić information content (AvgIpc) is 2.80. The van der Waals surface area contributed by atoms with Gasteiger partial charge in [0, 0.05) is 28.6 Å². The van der Waals surface area contributed by atoms with Gasteiger partial charge in [-0.2, -0.15) is 11.8 Å². The van der Waals surface area contributed by atoms with Crippen LogP contribution in [-0.4, -0.2) is 33.2 Å². The molecule has 3 aromatic carbocycles. The van der Waals surface area contributed by atoms with Crippen LogP contribution in [-0.2, 0) is 20.6 Å². The molecule has 0 bridgehead atoms. The molecular formula is C25H26ClFN2O3S2. The number of sulfonamides is 1. The van der Waals surface area contributed by atoms with Crippen LogP contribution in [0, 0.1) is 19.7 Å². The van der Waals surface area contributed by atoms with Crippen molar-refractivity contribution in [3.8, 4) is 0 Å². The third-order valence-electron chi connectivity index (χ3n) is 5.16. The zero-order valence-electron chi connectivity index (χ0n) is 18.9. The molecule has 3 aromatic rings. The SMILES string of the molecule is Cc1ccc(S(=O)(=O)N(CC(=O)NCCSCc2c(F)cccc2Cl)c2ccccc2C)cc1. The number of carbonyl (C=O) groups excluding carboxylic acids is 1. The summed E-state index contributed by atoms with van der Waals surface area (Å²) in [5, 5.41) is 3.13. The molecule has 0 saturated carbocycles. The van der Waals surface area contributed by atoms with Crippen LogP contribution in [0.4, 0.5) is 10.1 Å². The minimum Gasteiger partial charge on any atom is -0.354 e. The monoisotopic (exact) mass is 520 g/mol. The lowest BCUT2D eigenvalue weighted by Crippen LogP contribution is -2.41. The van der Waals surface area contributed by atoms with Crippen molar-refractivity contribution >= 4 is 45.0 Å². The molecule has 34 heavy (non-hydrogen) atoms. The van der Waals surface area contributed by atoms with Crippen molar-refractivity contribution in [1.82, 2.24) is 5.32 Å². The molecule has 1 amide bonds. The van der Waals surface area contributed by atoms with Crippen molar-refractivity contribution in [3.05, 3.63) is 94.3 Å². The molecule has 0 aliphatic rings. The van der Waals surface area contributed by atoms with E-state index in [2.05, 4.69) is 5.32 Å². The Labute approximate surface area is 209 Å². The van der Waals surface area contributed by atoms with Gasteiger partial charge in [0.05, 0.1) is 10.6 Å². The van der Waals surface area contributed by atoms with E-state index in [-0.39, 0.29) is 17.3 Å². The van der Waals surface area contributed by atoms with Gasteiger partial charge >= 0.3 is 0 Å². The van der Waals surface area contributed by atoms with Crippen LogP contribution in [0.3, 0.4) is 0 Å². The molecule has 0 aliphatic carbocycles. The van der Waals surface area contributed by atoms with Gasteiger partial charge in [-0.1, -0.05) is 53.6 Å². The molecule has 0 spiro atoms. The number of nitrogens with one attached hydrogen (secondary N) is 1. The minimum absolute atomic E-state index is 0.117. The Morgan fingerprint density at radius 2 is 1.74 bits per heavy atom. The van der Waals surface area contributed by atoms with Gasteiger partial charge in [0.25, 0.3) is 10.0 Å². The highest BCUT2D eigenvalue weighted by molar-refractivity contribution is 7.98. The summed E-state index contributed by atoms with van der Waals surface area (Å²) in [5.41, 5.74) is 2.55. The number of aryl methyl sites for hydroxylation is 2. The maximum Gasteiger partial charge on any atom is 0.264 e. The summed E-state index contributed by atoms with van der Waals surface area (Å²) in [6, 6.07) is 18.1. The van der Waals surface area contributed by atoms with E-state index >= 15 is 0 Å². The van der Waals surface area contributed by atoms with Crippen LogP contribution in [0.1, 0.15) is 16.7 Å². The van der Waals surface area contributed by atoms with E-state index < -0.39 is 15.9 Å². The van der Waals surface area contributed by atoms with E-state index in [1.54, 1.807) is 61.5 Å². The van der Waals surface area contributed by atoms with Crippen LogP contribution in [0.25, 0.3) is 0 Å². The number of hydrogen-bond acceptors (Lipinski definition) is 4. The fourth-order valence-electron chi connectivity index (χ4n) is 3.27. The van der Waals surface area contributed by atoms with Crippen molar-refractivity contribution in [2.45, 2.75) is 24.5 Å². The van der Waals surface area contributed by atoms with Crippen LogP contribution < -0.4 is 9.62 Å². The van der Waals surface area contributed by atoms with Gasteiger partial charge in [-0.15, -0.1) is 0 Å². The largest absolute Gasteiger partial charge is 0.354 e. The molecule has 0 aliphatic heterocycles. The third-order valence-corrected chi connectivity index (χ3v) is 8.27. The van der Waals surface area contributed by atoms with E-state index in [4.69, 9.17) is 11.6 Å². The fourth-order valence-corrected chi connectivity index (χ4v) is 5.96. The van der Waals surface area contributed by atoms with Crippen LogP contribution in [0.5, 0.6) is 0 Å². The molecule has 1 N–H and O–H groups in total. The van der Waals surface area contributed by atoms with Gasteiger partial charge in [0.2, 0.25) is 5.91 Å². The standard InChI is InChI=1S/C25H26ClFN2O3S2/c1-18-10-12-20(13-11-18)34(31,32)29(24-9-4-3-6-19(24)2)16-25(30)28-14-15-33-17-21-22(26)7-5-8-23(21)27/h3-13H,14-17H2,1-2H3,(H,28,30). The molecule has 180 valence electrons. The van der Waals surface area contributed by atoms with E-state index in [9.17, 15) is 17.6 Å². The molecule has 0 atom stereocenters. The molecular weight excluding hydrogens is 495 g/mol. The van der Waals surface area contributed by atoms with Gasteiger partial charge in [0.15, 0.2) is 0 Å². The number of hydrogen-bond donors (Lipinski definition) is 1. The predicted octanol–water partition coefficient (Wildman–Crippen LogP) is 5.34. The van der Waals surface area contributed by atoms with Crippen LogP contribution >= 0.6 is 23.4 Å². The number of carbonyl (C=O) groups is 1. The van der Waals surface area contributed by atoms with Gasteiger partial charge < -0.3 is 5.32 Å². The average molecular weight is 521 g/mol. The molecule has 9 heteroatoms. The topological polar surface area (TPSA) is 66.5 Å². The number of anilines is 1. The molecule has 0 saturated heterocycles. The Morgan fingerprint density at radius 1 is 1.03 bits per heavy atom. The Kier molecular flexibility index (Phi) is 8.99. The van der Waals surface area contributed by atoms with Crippen molar-refractivity contribution in [2.75, 3.05) is 23.1 Å². The Balaban J connectivity index is 1.66. The lowest BCUT2D eigenvalue weighted by molar-refractivity contribution is -0.119. The summed E-state index contributed by atoms with van der Waals surface area (Å²) in [4.78, 5) is 12.8. The normalized spacial score (nSPS) is 11.3. The molecule has 3 rings (SSSR count). The highest BCUT2D eigenvalue weighted by atomic mass is 35.5. The number of halogens is 2. The Morgan fingerprint density at radius 3 is 2.41 bits per heavy atom. The zero-order chi connectivity index (χ0) is 24.7. The van der Waals surface area contributed by atoms with Crippen molar-refractivity contribution in [2.24, 2.45) is 0 Å². The lowest BCUT2D eigenvalue weighted by atomic mass is 10.2. The maximum atomic E-state index is 13.9. The summed E-state index contributed by atoms with van der Waals surface area (Å²) in [7, 11) is -3.96. The molecule has 5 nitrogen and oxygen atoms in total. The molecule has 0 radical (unpaired) electrons. The van der Waals surface area contributed by atoms with Gasteiger partial charge in [-0.3, -0.25) is 9.10 Å². The first-order valence-corrected chi connectivity index (χ1v) is 13.6. The van der Waals surface area contributed by atoms with Gasteiger partial charge in [-0.25, -0.2) is 12.8 Å². The Hall–Kier alpha value is -2.55. The summed E-state index contributed by atoms with van der Waals surface area (Å²) in [6.07, 6.45) is 0. The number of amides is 1. The molecule has 0 heterocycles. The highest BCUT2D eigenvalue weighted by Crippen LogP contribution is 2.27. The first-order chi connectivity index (χ1) is 16.2. The summed E-state index contributed by atoms with van der Waals surface area (Å²) >= 11 is 7.46. The second-order valence-electron chi connectivity index (χ2n) is 7.71. The first kappa shape index (κ1) is 26.1. The zero-order valence-corrected chi connectivity index (χ0v) is 21.3. The lowest BCUT2D eigenvalue weighted by Gasteiger charge is -2.25. The second kappa shape index (κ2) is 11.7. The smallest absolute Gasteiger partial charge is 0.264 e. The van der Waals surface area contributed by atoms with Crippen molar-refractivity contribution < 1.29 is 17.6 Å². The number of rotatable bonds is 10. The molecule has 0 unspecified atom stereocenters. The van der Waals surface area contributed by atoms with Gasteiger partial charge in [-0.05, 0) is 49.7 Å². The molecule has 0 fully saturated rings. The molecule has 0 aromatic heterocycles. The van der Waals surface area contributed by atoms with E-state index in [1.807, 2.05) is 13.0 Å². The van der Waals surface area contributed by atoms with Gasteiger partial charge in [0.1, 0.15) is 12.4 Å². The minimum atomic E-state index is -3.96. The van der Waals surface area contributed by atoms with E-state index in [0.717, 1.165) is 15.4 Å². The summed E-state index contributed by atoms with van der Waals surface area (Å²) < 4.78 is 41.8. The number of para-hydroxylation sites is 1. The van der Waals surface area contributed by atoms with Crippen LogP contribution in [0.2, 0.25) is 5.02 Å². The first-order valence-electron chi connectivity index (χ1n) is 10.6. The maximum absolute atomic E-state index is 13.9. The number of benzene rings is 3. The van der Waals surface area contributed by atoms with Crippen molar-refractivity contribution in [1.29, 1.82) is 0 Å². The summed E-state index contributed by atoms with van der Waals surface area (Å²) in [6.45, 7) is 3.63. The Bertz CT molecular complexity index is 1230. The fraction of sp³-hybridized carbons (Fsp3) is 0.240. The number of thioether (sulfide) groups is 1. The number of nitrogens with zero attached hydrogens (tertiary/aromatic N) is 1. The van der Waals surface area contributed by atoms with E-state index in [1.165, 1.54) is 17.8 Å². The predicted molar refractivity (Wildman–Crippen MR) is 137 cm³/mol. The van der Waals surface area contributed by atoms with Crippen LogP contribution in [0.15, 0.2) is 71.6 Å². The summed E-state index contributed by atoms with van der Waals surface area (Å²) in [5.74, 6) is 0.104. The highest BCUT2D eigenvalue weighted by Gasteiger charge is 2.28. The quantitative estimate of drug-likeness (QED) is 0.366. The second-order valence-corrected chi connectivity index (χ2v) is 11.1. The van der Waals surface area contributed by atoms with E-state index in [0.29, 0.717) is 34.3 Å².